The van der Waals surface area contributed by atoms with Crippen LogP contribution >= 0.6 is 0 Å². The molecule has 0 unspecified atom stereocenters. The zero-order valence-electron chi connectivity index (χ0n) is 6.95. The largest absolute Gasteiger partial charge is 0.370 e. The molecule has 0 aliphatic carbocycles. The minimum atomic E-state index is 0.222. The number of hydrogen-bond acceptors (Lipinski definition) is 2. The zero-order valence-corrected chi connectivity index (χ0v) is 6.95. The molecule has 1 rings (SSSR count). The fourth-order valence-corrected chi connectivity index (χ4v) is 1.33. The van der Waals surface area contributed by atoms with Gasteiger partial charge in [0.05, 0.1) is 6.04 Å². The molecule has 0 amide bonds. The van der Waals surface area contributed by atoms with Gasteiger partial charge in [-0.05, 0) is 33.0 Å². The smallest absolute Gasteiger partial charge is 0.186 e. The maximum atomic E-state index is 5.27. The fourth-order valence-electron chi connectivity index (χ4n) is 1.33. The van der Waals surface area contributed by atoms with Gasteiger partial charge in [-0.1, -0.05) is 0 Å². The average molecular weight is 156 g/mol. The van der Waals surface area contributed by atoms with Gasteiger partial charge in [-0.3, -0.25) is 4.99 Å². The van der Waals surface area contributed by atoms with Crippen LogP contribution in [0.1, 0.15) is 12.8 Å². The van der Waals surface area contributed by atoms with E-state index in [0.717, 1.165) is 25.9 Å². The standard InChI is InChI=1S/C7H16N4/c1-11-4-2-6(3-5-11)10-7(8)9/h6H,2-5H2,1H3,(H4,8,9,10). The topological polar surface area (TPSA) is 67.6 Å². The first-order chi connectivity index (χ1) is 5.18. The second-order valence-electron chi connectivity index (χ2n) is 3.09. The first-order valence-corrected chi connectivity index (χ1v) is 3.96. The Bertz CT molecular complexity index is 143. The summed E-state index contributed by atoms with van der Waals surface area (Å²) in [4.78, 5) is 6.41. The van der Waals surface area contributed by atoms with E-state index >= 15 is 0 Å². The summed E-state index contributed by atoms with van der Waals surface area (Å²) in [5, 5.41) is 0. The van der Waals surface area contributed by atoms with E-state index < -0.39 is 0 Å². The second-order valence-corrected chi connectivity index (χ2v) is 3.09. The molecule has 0 radical (unpaired) electrons. The SMILES string of the molecule is CN1CCC(N=C(N)N)CC1. The van der Waals surface area contributed by atoms with Gasteiger partial charge in [-0.15, -0.1) is 0 Å². The number of likely N-dealkylation sites (tertiary alicyclic amines) is 1. The molecule has 4 heteroatoms. The Labute approximate surface area is 67.3 Å². The highest BCUT2D eigenvalue weighted by Gasteiger charge is 2.14. The zero-order chi connectivity index (χ0) is 8.27. The van der Waals surface area contributed by atoms with Crippen LogP contribution in [0.5, 0.6) is 0 Å². The molecule has 0 atom stereocenters. The molecule has 4 nitrogen and oxygen atoms in total. The van der Waals surface area contributed by atoms with Crippen LogP contribution in [0.3, 0.4) is 0 Å². The molecule has 64 valence electrons. The van der Waals surface area contributed by atoms with Crippen molar-refractivity contribution in [2.75, 3.05) is 20.1 Å². The normalized spacial score (nSPS) is 21.5. The molecule has 1 fully saturated rings. The third-order valence-electron chi connectivity index (χ3n) is 2.02. The first kappa shape index (κ1) is 8.33. The van der Waals surface area contributed by atoms with Crippen molar-refractivity contribution in [1.82, 2.24) is 4.90 Å². The van der Waals surface area contributed by atoms with Gasteiger partial charge in [0.25, 0.3) is 0 Å². The van der Waals surface area contributed by atoms with Gasteiger partial charge in [0, 0.05) is 0 Å². The number of aliphatic imine (C=N–C) groups is 1. The van der Waals surface area contributed by atoms with Gasteiger partial charge in [-0.25, -0.2) is 0 Å². The van der Waals surface area contributed by atoms with Crippen molar-refractivity contribution in [1.29, 1.82) is 0 Å². The van der Waals surface area contributed by atoms with Gasteiger partial charge in [-0.2, -0.15) is 0 Å². The van der Waals surface area contributed by atoms with E-state index in [1.165, 1.54) is 0 Å². The van der Waals surface area contributed by atoms with Crippen molar-refractivity contribution < 1.29 is 0 Å². The maximum absolute atomic E-state index is 5.27. The Morgan fingerprint density at radius 2 is 1.91 bits per heavy atom. The second kappa shape index (κ2) is 3.57. The molecule has 0 spiro atoms. The van der Waals surface area contributed by atoms with Crippen LogP contribution in [0, 0.1) is 0 Å². The Kier molecular flexibility index (Phi) is 2.70. The van der Waals surface area contributed by atoms with E-state index in [4.69, 9.17) is 11.5 Å². The molecule has 1 aliphatic heterocycles. The van der Waals surface area contributed by atoms with E-state index in [-0.39, 0.29) is 5.96 Å². The molecular weight excluding hydrogens is 140 g/mol. The van der Waals surface area contributed by atoms with E-state index in [1.54, 1.807) is 0 Å². The van der Waals surface area contributed by atoms with Crippen molar-refractivity contribution in [3.63, 3.8) is 0 Å². The van der Waals surface area contributed by atoms with Gasteiger partial charge < -0.3 is 16.4 Å². The number of piperidine rings is 1. The molecule has 1 heterocycles. The van der Waals surface area contributed by atoms with Crippen molar-refractivity contribution in [3.05, 3.63) is 0 Å². The van der Waals surface area contributed by atoms with Crippen molar-refractivity contribution >= 4 is 5.96 Å². The van der Waals surface area contributed by atoms with Gasteiger partial charge in [0.2, 0.25) is 0 Å². The minimum Gasteiger partial charge on any atom is -0.370 e. The molecule has 0 bridgehead atoms. The summed E-state index contributed by atoms with van der Waals surface area (Å²) in [5.41, 5.74) is 10.5. The molecule has 0 saturated carbocycles. The minimum absolute atomic E-state index is 0.222. The van der Waals surface area contributed by atoms with E-state index in [2.05, 4.69) is 16.9 Å². The summed E-state index contributed by atoms with van der Waals surface area (Å²) in [7, 11) is 2.12. The molecule has 0 aromatic rings. The van der Waals surface area contributed by atoms with E-state index in [1.807, 2.05) is 0 Å². The summed E-state index contributed by atoms with van der Waals surface area (Å²) in [6.07, 6.45) is 2.16. The van der Waals surface area contributed by atoms with Crippen molar-refractivity contribution in [3.8, 4) is 0 Å². The molecule has 0 aromatic carbocycles. The number of guanidine groups is 1. The van der Waals surface area contributed by atoms with Crippen LogP contribution in [0.15, 0.2) is 4.99 Å². The first-order valence-electron chi connectivity index (χ1n) is 3.96. The monoisotopic (exact) mass is 156 g/mol. The molecule has 11 heavy (non-hydrogen) atoms. The molecule has 1 saturated heterocycles. The quantitative estimate of drug-likeness (QED) is 0.392. The molecular formula is C7H16N4. The predicted octanol–water partition coefficient (Wildman–Crippen LogP) is -0.646. The van der Waals surface area contributed by atoms with Gasteiger partial charge >= 0.3 is 0 Å². The van der Waals surface area contributed by atoms with E-state index in [0.29, 0.717) is 6.04 Å². The summed E-state index contributed by atoms with van der Waals surface area (Å²) in [5.74, 6) is 0.222. The summed E-state index contributed by atoms with van der Waals surface area (Å²) >= 11 is 0. The molecule has 4 N–H and O–H groups in total. The highest BCUT2D eigenvalue weighted by Crippen LogP contribution is 2.10. The summed E-state index contributed by atoms with van der Waals surface area (Å²) in [6, 6.07) is 0.358. The number of hydrogen-bond donors (Lipinski definition) is 2. The lowest BCUT2D eigenvalue weighted by atomic mass is 10.1. The lowest BCUT2D eigenvalue weighted by Crippen LogP contribution is -2.34. The summed E-state index contributed by atoms with van der Waals surface area (Å²) in [6.45, 7) is 2.20. The highest BCUT2D eigenvalue weighted by atomic mass is 15.1. The van der Waals surface area contributed by atoms with Crippen LogP contribution in [0.4, 0.5) is 0 Å². The van der Waals surface area contributed by atoms with Crippen LogP contribution < -0.4 is 11.5 Å². The van der Waals surface area contributed by atoms with Crippen LogP contribution in [-0.2, 0) is 0 Å². The molecule has 1 aliphatic rings. The summed E-state index contributed by atoms with van der Waals surface area (Å²) < 4.78 is 0. The third-order valence-corrected chi connectivity index (χ3v) is 2.02. The predicted molar refractivity (Wildman–Crippen MR) is 46.3 cm³/mol. The van der Waals surface area contributed by atoms with Gasteiger partial charge in [0.1, 0.15) is 0 Å². The highest BCUT2D eigenvalue weighted by molar-refractivity contribution is 5.75. The van der Waals surface area contributed by atoms with Crippen LogP contribution in [-0.4, -0.2) is 37.0 Å². The Morgan fingerprint density at radius 1 is 1.36 bits per heavy atom. The number of nitrogens with two attached hydrogens (primary N) is 2. The Morgan fingerprint density at radius 3 is 2.36 bits per heavy atom. The lowest BCUT2D eigenvalue weighted by Gasteiger charge is -2.26. The lowest BCUT2D eigenvalue weighted by molar-refractivity contribution is 0.257. The van der Waals surface area contributed by atoms with E-state index in [9.17, 15) is 0 Å². The third kappa shape index (κ3) is 2.76. The molecule has 0 aromatic heterocycles. The number of rotatable bonds is 1. The Hall–Kier alpha value is -0.770. The van der Waals surface area contributed by atoms with Gasteiger partial charge in [0.15, 0.2) is 5.96 Å². The van der Waals surface area contributed by atoms with Crippen LogP contribution in [0.2, 0.25) is 0 Å². The maximum Gasteiger partial charge on any atom is 0.186 e. The fraction of sp³-hybridized carbons (Fsp3) is 0.857. The average Bonchev–Trinajstić information content (AvgIpc) is 1.93. The van der Waals surface area contributed by atoms with Crippen LogP contribution in [0.25, 0.3) is 0 Å². The van der Waals surface area contributed by atoms with Crippen molar-refractivity contribution in [2.24, 2.45) is 16.5 Å². The Balaban J connectivity index is 2.34. The van der Waals surface area contributed by atoms with Crippen molar-refractivity contribution in [2.45, 2.75) is 18.9 Å². The number of nitrogens with zero attached hydrogens (tertiary/aromatic N) is 2.